The molecule has 3 rings (SSSR count). The van der Waals surface area contributed by atoms with E-state index in [0.717, 1.165) is 32.0 Å². The van der Waals surface area contributed by atoms with Crippen molar-refractivity contribution in [3.63, 3.8) is 0 Å². The lowest BCUT2D eigenvalue weighted by Crippen LogP contribution is -2.06. The molecule has 2 aliphatic heterocycles. The summed E-state index contributed by atoms with van der Waals surface area (Å²) >= 11 is 0. The van der Waals surface area contributed by atoms with E-state index in [1.807, 2.05) is 36.4 Å². The van der Waals surface area contributed by atoms with E-state index in [1.165, 1.54) is 0 Å². The largest absolute Gasteiger partial charge is 0.392 e. The molecule has 4 nitrogen and oxygen atoms in total. The van der Waals surface area contributed by atoms with Gasteiger partial charge in [-0.05, 0) is 5.56 Å². The van der Waals surface area contributed by atoms with E-state index in [1.54, 1.807) is 6.08 Å². The molecule has 0 aliphatic carbocycles. The molecule has 0 bridgehead atoms. The lowest BCUT2D eigenvalue weighted by molar-refractivity contribution is 0.102. The van der Waals surface area contributed by atoms with Gasteiger partial charge < -0.3 is 19.3 Å². The Morgan fingerprint density at radius 3 is 2.16 bits per heavy atom. The van der Waals surface area contributed by atoms with Crippen molar-refractivity contribution in [2.75, 3.05) is 33.0 Å². The maximum absolute atomic E-state index is 8.44. The number of benzene rings is 1. The van der Waals surface area contributed by atoms with Gasteiger partial charge in [0.2, 0.25) is 0 Å². The van der Waals surface area contributed by atoms with Crippen LogP contribution in [0.3, 0.4) is 0 Å². The van der Waals surface area contributed by atoms with Crippen LogP contribution in [0.25, 0.3) is 6.08 Å². The third kappa shape index (κ3) is 7.08. The van der Waals surface area contributed by atoms with Crippen LogP contribution < -0.4 is 0 Å². The average Bonchev–Trinajstić information content (AvgIpc) is 3.33. The maximum atomic E-state index is 8.44. The number of rotatable bonds is 6. The van der Waals surface area contributed by atoms with Crippen molar-refractivity contribution in [3.05, 3.63) is 42.0 Å². The third-order valence-corrected chi connectivity index (χ3v) is 2.63. The van der Waals surface area contributed by atoms with Crippen LogP contribution in [0.15, 0.2) is 36.4 Å². The average molecular weight is 264 g/mol. The highest BCUT2D eigenvalue weighted by atomic mass is 16.6. The van der Waals surface area contributed by atoms with Gasteiger partial charge in [0, 0.05) is 0 Å². The molecule has 2 saturated heterocycles. The molecule has 0 amide bonds. The Bertz CT molecular complexity index is 357. The van der Waals surface area contributed by atoms with Gasteiger partial charge in [-0.2, -0.15) is 0 Å². The molecule has 2 heterocycles. The van der Waals surface area contributed by atoms with Gasteiger partial charge in [-0.25, -0.2) is 0 Å². The van der Waals surface area contributed by atoms with Gasteiger partial charge in [0.25, 0.3) is 0 Å². The zero-order valence-electron chi connectivity index (χ0n) is 10.9. The Morgan fingerprint density at radius 2 is 1.68 bits per heavy atom. The highest BCUT2D eigenvalue weighted by Crippen LogP contribution is 2.12. The van der Waals surface area contributed by atoms with Crippen molar-refractivity contribution in [2.45, 2.75) is 12.2 Å². The van der Waals surface area contributed by atoms with E-state index in [-0.39, 0.29) is 6.61 Å². The molecule has 2 unspecified atom stereocenters. The highest BCUT2D eigenvalue weighted by Gasteiger charge is 2.26. The van der Waals surface area contributed by atoms with Gasteiger partial charge in [-0.3, -0.25) is 0 Å². The van der Waals surface area contributed by atoms with Crippen LogP contribution in [0.5, 0.6) is 0 Å². The fourth-order valence-electron chi connectivity index (χ4n) is 1.41. The van der Waals surface area contributed by atoms with Crippen molar-refractivity contribution in [1.29, 1.82) is 0 Å². The van der Waals surface area contributed by atoms with Crippen molar-refractivity contribution in [3.8, 4) is 0 Å². The first kappa shape index (κ1) is 14.2. The summed E-state index contributed by atoms with van der Waals surface area (Å²) in [4.78, 5) is 0. The van der Waals surface area contributed by atoms with Gasteiger partial charge in [0.1, 0.15) is 12.2 Å². The number of hydrogen-bond donors (Lipinski definition) is 1. The number of hydrogen-bond acceptors (Lipinski definition) is 4. The standard InChI is InChI=1S/C9H10O.C6H10O3/c10-8-4-7-9-5-2-1-3-6-9;1(5-3-8-5)7-2-6-4-9-6/h1-7,10H,8H2;5-6H,1-4H2. The monoisotopic (exact) mass is 264 g/mol. The first-order valence-corrected chi connectivity index (χ1v) is 6.52. The normalized spacial score (nSPS) is 23.8. The Labute approximate surface area is 113 Å². The van der Waals surface area contributed by atoms with Crippen LogP contribution in [0.4, 0.5) is 0 Å². The van der Waals surface area contributed by atoms with Gasteiger partial charge >= 0.3 is 0 Å². The summed E-state index contributed by atoms with van der Waals surface area (Å²) in [7, 11) is 0. The Balaban J connectivity index is 0.000000141. The second-order valence-corrected chi connectivity index (χ2v) is 4.44. The Kier molecular flexibility index (Phi) is 6.04. The maximum Gasteiger partial charge on any atom is 0.104 e. The second kappa shape index (κ2) is 8.07. The molecule has 19 heavy (non-hydrogen) atoms. The van der Waals surface area contributed by atoms with E-state index in [0.29, 0.717) is 12.2 Å². The lowest BCUT2D eigenvalue weighted by atomic mass is 10.2. The molecule has 4 heteroatoms. The molecular formula is C15H20O4. The Hall–Kier alpha value is -1.20. The third-order valence-electron chi connectivity index (χ3n) is 2.63. The molecule has 0 aromatic heterocycles. The molecule has 0 spiro atoms. The van der Waals surface area contributed by atoms with E-state index in [2.05, 4.69) is 0 Å². The summed E-state index contributed by atoms with van der Waals surface area (Å²) < 4.78 is 15.1. The minimum absolute atomic E-state index is 0.106. The summed E-state index contributed by atoms with van der Waals surface area (Å²) in [6.45, 7) is 3.37. The molecule has 0 saturated carbocycles. The van der Waals surface area contributed by atoms with E-state index in [9.17, 15) is 0 Å². The van der Waals surface area contributed by atoms with Crippen LogP contribution in [0.1, 0.15) is 5.56 Å². The van der Waals surface area contributed by atoms with Crippen molar-refractivity contribution in [2.24, 2.45) is 0 Å². The summed E-state index contributed by atoms with van der Waals surface area (Å²) in [5.74, 6) is 0. The lowest BCUT2D eigenvalue weighted by Gasteiger charge is -1.95. The minimum Gasteiger partial charge on any atom is -0.392 e. The molecule has 2 fully saturated rings. The van der Waals surface area contributed by atoms with E-state index < -0.39 is 0 Å². The molecule has 2 atom stereocenters. The van der Waals surface area contributed by atoms with Gasteiger partial charge in [0.15, 0.2) is 0 Å². The molecule has 1 N–H and O–H groups in total. The van der Waals surface area contributed by atoms with Gasteiger partial charge in [0.05, 0.1) is 33.0 Å². The van der Waals surface area contributed by atoms with E-state index >= 15 is 0 Å². The predicted octanol–water partition coefficient (Wildman–Crippen LogP) is 1.49. The Morgan fingerprint density at radius 1 is 1.11 bits per heavy atom. The fraction of sp³-hybridized carbons (Fsp3) is 0.467. The van der Waals surface area contributed by atoms with E-state index in [4.69, 9.17) is 19.3 Å². The quantitative estimate of drug-likeness (QED) is 0.791. The minimum atomic E-state index is 0.106. The first-order chi connectivity index (χ1) is 9.38. The van der Waals surface area contributed by atoms with Crippen molar-refractivity contribution >= 4 is 6.08 Å². The summed E-state index contributed by atoms with van der Waals surface area (Å²) in [6.07, 6.45) is 4.39. The fourth-order valence-corrected chi connectivity index (χ4v) is 1.41. The molecule has 0 radical (unpaired) electrons. The molecular weight excluding hydrogens is 244 g/mol. The molecule has 2 aliphatic rings. The summed E-state index contributed by atoms with van der Waals surface area (Å²) in [6, 6.07) is 9.89. The van der Waals surface area contributed by atoms with Gasteiger partial charge in [-0.15, -0.1) is 0 Å². The van der Waals surface area contributed by atoms with Crippen molar-refractivity contribution in [1.82, 2.24) is 0 Å². The molecule has 1 aromatic carbocycles. The second-order valence-electron chi connectivity index (χ2n) is 4.44. The summed E-state index contributed by atoms with van der Waals surface area (Å²) in [5, 5.41) is 8.44. The smallest absolute Gasteiger partial charge is 0.104 e. The first-order valence-electron chi connectivity index (χ1n) is 6.52. The van der Waals surface area contributed by atoms with Crippen LogP contribution in [0, 0.1) is 0 Å². The highest BCUT2D eigenvalue weighted by molar-refractivity contribution is 5.48. The number of ether oxygens (including phenoxy) is 3. The predicted molar refractivity (Wildman–Crippen MR) is 72.9 cm³/mol. The summed E-state index contributed by atoms with van der Waals surface area (Å²) in [5.41, 5.74) is 1.12. The number of aliphatic hydroxyl groups is 1. The molecule has 1 aromatic rings. The number of aliphatic hydroxyl groups excluding tert-OH is 1. The zero-order chi connectivity index (χ0) is 13.3. The van der Waals surface area contributed by atoms with Crippen LogP contribution in [0.2, 0.25) is 0 Å². The topological polar surface area (TPSA) is 54.5 Å². The van der Waals surface area contributed by atoms with Gasteiger partial charge in [-0.1, -0.05) is 42.5 Å². The van der Waals surface area contributed by atoms with Crippen LogP contribution >= 0.6 is 0 Å². The zero-order valence-corrected chi connectivity index (χ0v) is 10.9. The number of epoxide rings is 2. The van der Waals surface area contributed by atoms with Crippen LogP contribution in [-0.4, -0.2) is 50.3 Å². The molecule has 104 valence electrons. The SMILES string of the molecule is C(OCC1CO1)C1CO1.OCC=Cc1ccccc1. The van der Waals surface area contributed by atoms with Crippen LogP contribution in [-0.2, 0) is 14.2 Å². The van der Waals surface area contributed by atoms with Crippen molar-refractivity contribution < 1.29 is 19.3 Å².